The van der Waals surface area contributed by atoms with E-state index in [1.165, 1.54) is 41.4 Å². The smallest absolute Gasteiger partial charge is 0.121 e. The maximum Gasteiger partial charge on any atom is 0.121 e. The van der Waals surface area contributed by atoms with Crippen LogP contribution in [0.5, 0.6) is 5.75 Å². The lowest BCUT2D eigenvalue weighted by Gasteiger charge is -2.19. The van der Waals surface area contributed by atoms with Gasteiger partial charge in [-0.05, 0) is 63.3 Å². The minimum absolute atomic E-state index is 0.123. The first-order chi connectivity index (χ1) is 13.1. The fourth-order valence-corrected chi connectivity index (χ4v) is 4.00. The van der Waals surface area contributed by atoms with E-state index in [2.05, 4.69) is 35.4 Å². The number of para-hydroxylation sites is 1. The minimum Gasteiger partial charge on any atom is -0.491 e. The lowest BCUT2D eigenvalue weighted by Crippen LogP contribution is -2.24. The fourth-order valence-electron chi connectivity index (χ4n) is 4.00. The summed E-state index contributed by atoms with van der Waals surface area (Å²) in [6.45, 7) is 4.43. The van der Waals surface area contributed by atoms with Crippen LogP contribution in [-0.2, 0) is 12.8 Å². The molecule has 142 valence electrons. The number of fused-ring (bicyclic) bond motifs is 3. The second-order valence-electron chi connectivity index (χ2n) is 7.62. The second kappa shape index (κ2) is 7.65. The first-order valence-corrected chi connectivity index (χ1v) is 9.91. The number of rotatable bonds is 6. The molecule has 0 amide bonds. The third-order valence-corrected chi connectivity index (χ3v) is 5.38. The Labute approximate surface area is 160 Å². The Morgan fingerprint density at radius 1 is 1.11 bits per heavy atom. The van der Waals surface area contributed by atoms with E-state index in [0.717, 1.165) is 23.4 Å². The van der Waals surface area contributed by atoms with Crippen LogP contribution in [-0.4, -0.2) is 22.7 Å². The third kappa shape index (κ3) is 3.81. The zero-order valence-corrected chi connectivity index (χ0v) is 16.1. The van der Waals surface area contributed by atoms with E-state index in [9.17, 15) is 5.11 Å². The number of hydrogen-bond acceptors (Lipinski definition) is 3. The van der Waals surface area contributed by atoms with Gasteiger partial charge in [-0.15, -0.1) is 0 Å². The van der Waals surface area contributed by atoms with Crippen LogP contribution in [0.3, 0.4) is 0 Å². The Hall–Kier alpha value is -2.46. The molecule has 0 aliphatic heterocycles. The molecular weight excluding hydrogens is 336 g/mol. The number of nitrogens with one attached hydrogen (secondary N) is 2. The zero-order valence-electron chi connectivity index (χ0n) is 16.1. The molecule has 1 aromatic heterocycles. The Kier molecular flexibility index (Phi) is 5.08. The van der Waals surface area contributed by atoms with Crippen molar-refractivity contribution in [1.29, 1.82) is 0 Å². The Balaban J connectivity index is 1.42. The SMILES string of the molecule is C[C@H](COc1ccc2c3c([nH]c2c1)CCCC3)Nc1ccccc1[C@@H](C)O. The van der Waals surface area contributed by atoms with E-state index in [1.807, 2.05) is 24.3 Å². The summed E-state index contributed by atoms with van der Waals surface area (Å²) >= 11 is 0. The average molecular weight is 364 g/mol. The highest BCUT2D eigenvalue weighted by molar-refractivity contribution is 5.86. The van der Waals surface area contributed by atoms with Crippen LogP contribution in [0.4, 0.5) is 5.69 Å². The van der Waals surface area contributed by atoms with E-state index in [4.69, 9.17) is 4.74 Å². The number of anilines is 1. The number of aromatic amines is 1. The Morgan fingerprint density at radius 3 is 2.78 bits per heavy atom. The highest BCUT2D eigenvalue weighted by Gasteiger charge is 2.16. The van der Waals surface area contributed by atoms with Crippen LogP contribution in [0.25, 0.3) is 10.9 Å². The maximum absolute atomic E-state index is 9.92. The van der Waals surface area contributed by atoms with E-state index in [1.54, 1.807) is 6.92 Å². The molecule has 0 radical (unpaired) electrons. The van der Waals surface area contributed by atoms with E-state index in [0.29, 0.717) is 6.61 Å². The molecule has 27 heavy (non-hydrogen) atoms. The number of aromatic nitrogens is 1. The van der Waals surface area contributed by atoms with Crippen molar-refractivity contribution in [3.63, 3.8) is 0 Å². The van der Waals surface area contributed by atoms with Gasteiger partial charge in [-0.3, -0.25) is 0 Å². The van der Waals surface area contributed by atoms with Gasteiger partial charge in [0.05, 0.1) is 12.1 Å². The van der Waals surface area contributed by atoms with Crippen molar-refractivity contribution in [3.05, 3.63) is 59.3 Å². The first kappa shape index (κ1) is 17.9. The number of benzene rings is 2. The third-order valence-electron chi connectivity index (χ3n) is 5.38. The van der Waals surface area contributed by atoms with Crippen molar-refractivity contribution >= 4 is 16.6 Å². The highest BCUT2D eigenvalue weighted by Crippen LogP contribution is 2.31. The van der Waals surface area contributed by atoms with Crippen LogP contribution in [0.1, 0.15) is 49.6 Å². The highest BCUT2D eigenvalue weighted by atomic mass is 16.5. The maximum atomic E-state index is 9.92. The lowest BCUT2D eigenvalue weighted by molar-refractivity contribution is 0.200. The van der Waals surface area contributed by atoms with Gasteiger partial charge in [0.25, 0.3) is 0 Å². The number of hydrogen-bond donors (Lipinski definition) is 3. The van der Waals surface area contributed by atoms with Gasteiger partial charge in [-0.2, -0.15) is 0 Å². The molecule has 0 bridgehead atoms. The van der Waals surface area contributed by atoms with Crippen molar-refractivity contribution in [1.82, 2.24) is 4.98 Å². The van der Waals surface area contributed by atoms with Gasteiger partial charge in [0.1, 0.15) is 12.4 Å². The van der Waals surface area contributed by atoms with Gasteiger partial charge in [0.15, 0.2) is 0 Å². The molecule has 2 atom stereocenters. The molecule has 1 heterocycles. The van der Waals surface area contributed by atoms with Gasteiger partial charge < -0.3 is 20.1 Å². The van der Waals surface area contributed by atoms with Crippen LogP contribution in [0, 0.1) is 0 Å². The molecule has 1 aliphatic rings. The van der Waals surface area contributed by atoms with Crippen molar-refractivity contribution in [3.8, 4) is 5.75 Å². The number of aryl methyl sites for hydroxylation is 2. The molecule has 3 aromatic rings. The predicted molar refractivity (Wildman–Crippen MR) is 111 cm³/mol. The molecule has 2 aromatic carbocycles. The van der Waals surface area contributed by atoms with Crippen molar-refractivity contribution in [2.75, 3.05) is 11.9 Å². The molecule has 0 saturated carbocycles. The zero-order chi connectivity index (χ0) is 18.8. The molecular formula is C23H28N2O2. The van der Waals surface area contributed by atoms with Gasteiger partial charge in [-0.1, -0.05) is 18.2 Å². The second-order valence-corrected chi connectivity index (χ2v) is 7.62. The Bertz CT molecular complexity index is 929. The van der Waals surface area contributed by atoms with Crippen LogP contribution < -0.4 is 10.1 Å². The molecule has 3 N–H and O–H groups in total. The summed E-state index contributed by atoms with van der Waals surface area (Å²) < 4.78 is 6.04. The van der Waals surface area contributed by atoms with Crippen LogP contribution in [0.15, 0.2) is 42.5 Å². The van der Waals surface area contributed by atoms with Crippen molar-refractivity contribution in [2.24, 2.45) is 0 Å². The van der Waals surface area contributed by atoms with Crippen molar-refractivity contribution in [2.45, 2.75) is 51.7 Å². The van der Waals surface area contributed by atoms with E-state index >= 15 is 0 Å². The van der Waals surface area contributed by atoms with Gasteiger partial charge in [0.2, 0.25) is 0 Å². The van der Waals surface area contributed by atoms with Crippen LogP contribution >= 0.6 is 0 Å². The normalized spacial score (nSPS) is 16.0. The molecule has 4 nitrogen and oxygen atoms in total. The topological polar surface area (TPSA) is 57.3 Å². The number of ether oxygens (including phenoxy) is 1. The largest absolute Gasteiger partial charge is 0.491 e. The predicted octanol–water partition coefficient (Wildman–Crippen LogP) is 4.98. The van der Waals surface area contributed by atoms with Crippen LogP contribution in [0.2, 0.25) is 0 Å². The summed E-state index contributed by atoms with van der Waals surface area (Å²) in [5.41, 5.74) is 5.93. The number of aliphatic hydroxyl groups is 1. The summed E-state index contributed by atoms with van der Waals surface area (Å²) in [5, 5.41) is 14.7. The average Bonchev–Trinajstić information content (AvgIpc) is 3.04. The van der Waals surface area contributed by atoms with E-state index < -0.39 is 6.10 Å². The summed E-state index contributed by atoms with van der Waals surface area (Å²) in [6, 6.07) is 14.4. The first-order valence-electron chi connectivity index (χ1n) is 9.91. The monoisotopic (exact) mass is 364 g/mol. The lowest BCUT2D eigenvalue weighted by atomic mass is 9.96. The number of H-pyrrole nitrogens is 1. The summed E-state index contributed by atoms with van der Waals surface area (Å²) in [7, 11) is 0. The molecule has 0 unspecified atom stereocenters. The molecule has 4 heteroatoms. The van der Waals surface area contributed by atoms with Gasteiger partial charge >= 0.3 is 0 Å². The quantitative estimate of drug-likeness (QED) is 0.578. The molecule has 0 fully saturated rings. The Morgan fingerprint density at radius 2 is 1.93 bits per heavy atom. The molecule has 0 spiro atoms. The fraction of sp³-hybridized carbons (Fsp3) is 0.391. The number of aliphatic hydroxyl groups excluding tert-OH is 1. The molecule has 4 rings (SSSR count). The van der Waals surface area contributed by atoms with Gasteiger partial charge in [0, 0.05) is 33.9 Å². The summed E-state index contributed by atoms with van der Waals surface area (Å²) in [4.78, 5) is 3.58. The molecule has 1 aliphatic carbocycles. The summed E-state index contributed by atoms with van der Waals surface area (Å²) in [6.07, 6.45) is 4.40. The minimum atomic E-state index is -0.497. The van der Waals surface area contributed by atoms with E-state index in [-0.39, 0.29) is 6.04 Å². The van der Waals surface area contributed by atoms with Gasteiger partial charge in [-0.25, -0.2) is 0 Å². The molecule has 0 saturated heterocycles. The van der Waals surface area contributed by atoms with Crippen molar-refractivity contribution < 1.29 is 9.84 Å². The summed E-state index contributed by atoms with van der Waals surface area (Å²) in [5.74, 6) is 0.888. The standard InChI is InChI=1S/C23H28N2O2/c1-15(24-21-9-5-3-7-18(21)16(2)26)14-27-17-11-12-20-19-8-4-6-10-22(19)25-23(20)13-17/h3,5,7,9,11-13,15-16,24-26H,4,6,8,10,14H2,1-2H3/t15-,16-/m1/s1.